The summed E-state index contributed by atoms with van der Waals surface area (Å²) in [4.78, 5) is 27.3. The Kier molecular flexibility index (Phi) is 9.17. The first-order valence-electron chi connectivity index (χ1n) is 12.5. The van der Waals surface area contributed by atoms with Crippen LogP contribution in [0.15, 0.2) is 72.8 Å². The molecule has 1 aromatic heterocycles. The molecule has 39 heavy (non-hydrogen) atoms. The molecule has 0 atom stereocenters. The number of rotatable bonds is 11. The minimum absolute atomic E-state index is 0.00330. The average molecular weight is 549 g/mol. The van der Waals surface area contributed by atoms with Gasteiger partial charge in [0.25, 0.3) is 0 Å². The molecule has 0 radical (unpaired) electrons. The van der Waals surface area contributed by atoms with Crippen LogP contribution in [-0.2, 0) is 20.8 Å². The van der Waals surface area contributed by atoms with Crippen molar-refractivity contribution < 1.29 is 23.8 Å². The predicted molar refractivity (Wildman–Crippen MR) is 149 cm³/mol. The highest BCUT2D eigenvalue weighted by molar-refractivity contribution is 6.30. The number of ether oxygens (including phenoxy) is 3. The van der Waals surface area contributed by atoms with Gasteiger partial charge >= 0.3 is 11.9 Å². The highest BCUT2D eigenvalue weighted by atomic mass is 35.5. The van der Waals surface area contributed by atoms with Gasteiger partial charge in [0.05, 0.1) is 26.9 Å². The smallest absolute Gasteiger partial charge is 0.362 e. The summed E-state index contributed by atoms with van der Waals surface area (Å²) in [5.74, 6) is -0.0718. The van der Waals surface area contributed by atoms with Crippen LogP contribution in [0.3, 0.4) is 0 Å². The van der Waals surface area contributed by atoms with Crippen molar-refractivity contribution >= 4 is 35.0 Å². The SMILES string of the molecule is CCOC(=O)CN(c1ccc(-c2ccc(Cl)cc2)cc1)c1c(C(=O)OCC)nnn1Cc1ccc(OC)cc1. The molecule has 0 aliphatic rings. The largest absolute Gasteiger partial charge is 0.497 e. The summed E-state index contributed by atoms with van der Waals surface area (Å²) in [6, 6.07) is 22.6. The summed E-state index contributed by atoms with van der Waals surface area (Å²) in [5, 5.41) is 9.06. The lowest BCUT2D eigenvalue weighted by Gasteiger charge is -2.25. The van der Waals surface area contributed by atoms with Crippen LogP contribution in [0.25, 0.3) is 11.1 Å². The van der Waals surface area contributed by atoms with Crippen LogP contribution in [-0.4, -0.2) is 53.8 Å². The molecule has 0 N–H and O–H groups in total. The van der Waals surface area contributed by atoms with Gasteiger partial charge < -0.3 is 19.1 Å². The summed E-state index contributed by atoms with van der Waals surface area (Å²) in [6.07, 6.45) is 0. The molecule has 0 aliphatic heterocycles. The second-order valence-electron chi connectivity index (χ2n) is 8.43. The Hall–Kier alpha value is -4.37. The first kappa shape index (κ1) is 27.7. The lowest BCUT2D eigenvalue weighted by molar-refractivity contribution is -0.141. The van der Waals surface area contributed by atoms with E-state index in [-0.39, 0.29) is 32.0 Å². The Morgan fingerprint density at radius 2 is 1.49 bits per heavy atom. The van der Waals surface area contributed by atoms with E-state index < -0.39 is 11.9 Å². The van der Waals surface area contributed by atoms with Gasteiger partial charge in [-0.2, -0.15) is 0 Å². The van der Waals surface area contributed by atoms with Gasteiger partial charge in [0.2, 0.25) is 5.69 Å². The topological polar surface area (TPSA) is 95.8 Å². The van der Waals surface area contributed by atoms with Crippen molar-refractivity contribution in [2.75, 3.05) is 31.8 Å². The first-order chi connectivity index (χ1) is 18.9. The average Bonchev–Trinajstić information content (AvgIpc) is 3.36. The Morgan fingerprint density at radius 3 is 2.08 bits per heavy atom. The molecular weight excluding hydrogens is 520 g/mol. The van der Waals surface area contributed by atoms with Crippen LogP contribution >= 0.6 is 11.6 Å². The van der Waals surface area contributed by atoms with E-state index in [4.69, 9.17) is 25.8 Å². The molecule has 0 fully saturated rings. The van der Waals surface area contributed by atoms with E-state index in [9.17, 15) is 9.59 Å². The van der Waals surface area contributed by atoms with Crippen LogP contribution < -0.4 is 9.64 Å². The fourth-order valence-corrected chi connectivity index (χ4v) is 4.14. The number of anilines is 2. The van der Waals surface area contributed by atoms with E-state index in [1.165, 1.54) is 0 Å². The number of halogens is 1. The molecule has 0 saturated heterocycles. The van der Waals surface area contributed by atoms with Gasteiger partial charge in [-0.25, -0.2) is 9.48 Å². The number of carbonyl (C=O) groups excluding carboxylic acids is 2. The van der Waals surface area contributed by atoms with E-state index in [1.807, 2.05) is 72.8 Å². The highest BCUT2D eigenvalue weighted by Gasteiger charge is 2.29. The van der Waals surface area contributed by atoms with Crippen molar-refractivity contribution in [1.82, 2.24) is 15.0 Å². The second-order valence-corrected chi connectivity index (χ2v) is 8.87. The Morgan fingerprint density at radius 1 is 0.872 bits per heavy atom. The molecular formula is C29H29ClN4O5. The maximum atomic E-state index is 12.9. The third-order valence-corrected chi connectivity index (χ3v) is 6.13. The van der Waals surface area contributed by atoms with Crippen molar-refractivity contribution in [3.8, 4) is 16.9 Å². The number of methoxy groups -OCH3 is 1. The number of carbonyl (C=O) groups is 2. The van der Waals surface area contributed by atoms with Gasteiger partial charge in [-0.1, -0.05) is 53.2 Å². The molecule has 4 aromatic rings. The molecule has 1 heterocycles. The molecule has 202 valence electrons. The van der Waals surface area contributed by atoms with Gasteiger partial charge in [0, 0.05) is 10.7 Å². The number of esters is 2. The van der Waals surface area contributed by atoms with Crippen LogP contribution in [0.1, 0.15) is 29.9 Å². The van der Waals surface area contributed by atoms with E-state index in [1.54, 1.807) is 30.5 Å². The maximum absolute atomic E-state index is 12.9. The van der Waals surface area contributed by atoms with Crippen LogP contribution in [0, 0.1) is 0 Å². The van der Waals surface area contributed by atoms with E-state index in [0.29, 0.717) is 16.5 Å². The number of benzene rings is 3. The molecule has 9 nitrogen and oxygen atoms in total. The normalized spacial score (nSPS) is 10.7. The molecule has 0 aliphatic carbocycles. The van der Waals surface area contributed by atoms with Crippen LogP contribution in [0.5, 0.6) is 5.75 Å². The van der Waals surface area contributed by atoms with Gasteiger partial charge in [-0.15, -0.1) is 5.10 Å². The fraction of sp³-hybridized carbons (Fsp3) is 0.241. The maximum Gasteiger partial charge on any atom is 0.362 e. The first-order valence-corrected chi connectivity index (χ1v) is 12.8. The third-order valence-electron chi connectivity index (χ3n) is 5.87. The standard InChI is InChI=1S/C29H29ClN4O5/c1-4-38-26(35)19-33(24-14-10-22(11-15-24)21-8-12-23(30)13-9-21)28-27(29(36)39-5-2)31-32-34(28)18-20-6-16-25(37-3)17-7-20/h6-17H,4-5,18-19H2,1-3H3. The van der Waals surface area contributed by atoms with Crippen molar-refractivity contribution in [3.05, 3.63) is 89.1 Å². The molecule has 0 amide bonds. The lowest BCUT2D eigenvalue weighted by Crippen LogP contribution is -2.30. The quantitative estimate of drug-likeness (QED) is 0.226. The number of aromatic nitrogens is 3. The monoisotopic (exact) mass is 548 g/mol. The van der Waals surface area contributed by atoms with E-state index in [0.717, 1.165) is 22.4 Å². The minimum Gasteiger partial charge on any atom is -0.497 e. The zero-order chi connectivity index (χ0) is 27.8. The van der Waals surface area contributed by atoms with Gasteiger partial charge in [-0.05, 0) is 66.9 Å². The van der Waals surface area contributed by atoms with E-state index >= 15 is 0 Å². The van der Waals surface area contributed by atoms with Crippen LogP contribution in [0.4, 0.5) is 11.5 Å². The van der Waals surface area contributed by atoms with Crippen molar-refractivity contribution in [3.63, 3.8) is 0 Å². The summed E-state index contributed by atoms with van der Waals surface area (Å²) < 4.78 is 17.3. The zero-order valence-corrected chi connectivity index (χ0v) is 22.7. The minimum atomic E-state index is -0.639. The molecule has 0 unspecified atom stereocenters. The van der Waals surface area contributed by atoms with Gasteiger partial charge in [0.15, 0.2) is 5.82 Å². The summed E-state index contributed by atoms with van der Waals surface area (Å²) in [6.45, 7) is 3.95. The highest BCUT2D eigenvalue weighted by Crippen LogP contribution is 2.31. The predicted octanol–water partition coefficient (Wildman–Crippen LogP) is 5.53. The van der Waals surface area contributed by atoms with Gasteiger partial charge in [-0.3, -0.25) is 4.79 Å². The number of nitrogens with zero attached hydrogens (tertiary/aromatic N) is 4. The van der Waals surface area contributed by atoms with Crippen molar-refractivity contribution in [2.45, 2.75) is 20.4 Å². The van der Waals surface area contributed by atoms with E-state index in [2.05, 4.69) is 10.3 Å². The van der Waals surface area contributed by atoms with Crippen molar-refractivity contribution in [1.29, 1.82) is 0 Å². The fourth-order valence-electron chi connectivity index (χ4n) is 4.02. The molecule has 4 rings (SSSR count). The Labute approximate surface area is 231 Å². The Bertz CT molecular complexity index is 1400. The molecule has 3 aromatic carbocycles. The molecule has 0 spiro atoms. The van der Waals surface area contributed by atoms with Gasteiger partial charge in [0.1, 0.15) is 12.3 Å². The van der Waals surface area contributed by atoms with Crippen LogP contribution in [0.2, 0.25) is 5.02 Å². The zero-order valence-electron chi connectivity index (χ0n) is 22.0. The number of hydrogen-bond donors (Lipinski definition) is 0. The molecule has 10 heteroatoms. The second kappa shape index (κ2) is 12.9. The third kappa shape index (κ3) is 6.74. The Balaban J connectivity index is 1.78. The summed E-state index contributed by atoms with van der Waals surface area (Å²) in [5.41, 5.74) is 3.48. The summed E-state index contributed by atoms with van der Waals surface area (Å²) in [7, 11) is 1.60. The summed E-state index contributed by atoms with van der Waals surface area (Å²) >= 11 is 6.04. The molecule has 0 saturated carbocycles. The lowest BCUT2D eigenvalue weighted by atomic mass is 10.1. The van der Waals surface area contributed by atoms with Crippen molar-refractivity contribution in [2.24, 2.45) is 0 Å². The number of hydrogen-bond acceptors (Lipinski definition) is 8. The molecule has 0 bridgehead atoms.